The molecule has 134 valence electrons. The Hall–Kier alpha value is -2.37. The number of amides is 3. The molecule has 0 aromatic heterocycles. The zero-order valence-electron chi connectivity index (χ0n) is 14.4. The van der Waals surface area contributed by atoms with E-state index in [9.17, 15) is 14.4 Å². The largest absolute Gasteiger partial charge is 0.369 e. The van der Waals surface area contributed by atoms with Crippen molar-refractivity contribution in [2.45, 2.75) is 51.0 Å². The molecule has 1 heterocycles. The minimum atomic E-state index is -0.344. The van der Waals surface area contributed by atoms with Gasteiger partial charge in [0, 0.05) is 30.3 Å². The number of nitrogens with zero attached hydrogens (tertiary/aromatic N) is 1. The number of carbonyl (C=O) groups excluding carboxylic acids is 3. The second-order valence-corrected chi connectivity index (χ2v) is 6.92. The van der Waals surface area contributed by atoms with Gasteiger partial charge in [-0.3, -0.25) is 14.4 Å². The fourth-order valence-corrected chi connectivity index (χ4v) is 3.77. The first kappa shape index (κ1) is 17.5. The average molecular weight is 343 g/mol. The van der Waals surface area contributed by atoms with Gasteiger partial charge >= 0.3 is 0 Å². The summed E-state index contributed by atoms with van der Waals surface area (Å²) in [6.45, 7) is 0.729. The predicted octanol–water partition coefficient (Wildman–Crippen LogP) is 1.98. The monoisotopic (exact) mass is 343 g/mol. The molecule has 6 nitrogen and oxygen atoms in total. The standard InChI is InChI=1S/C19H25N3O3/c20-18(24)15-5-1-2-6-16(15)21-19(25)13-8-10-14(11-9-13)22-12-4-3-7-17(22)23/h8-11,15-16H,1-7,12H2,(H2,20,24)(H,21,25). The fourth-order valence-electron chi connectivity index (χ4n) is 3.77. The lowest BCUT2D eigenvalue weighted by Gasteiger charge is -2.30. The van der Waals surface area contributed by atoms with Crippen molar-refractivity contribution in [1.82, 2.24) is 5.32 Å². The van der Waals surface area contributed by atoms with Crippen molar-refractivity contribution < 1.29 is 14.4 Å². The van der Waals surface area contributed by atoms with Crippen LogP contribution in [-0.2, 0) is 9.59 Å². The lowest BCUT2D eigenvalue weighted by Crippen LogP contribution is -2.47. The van der Waals surface area contributed by atoms with Gasteiger partial charge in [-0.25, -0.2) is 0 Å². The maximum atomic E-state index is 12.5. The molecule has 25 heavy (non-hydrogen) atoms. The van der Waals surface area contributed by atoms with Crippen LogP contribution in [-0.4, -0.2) is 30.3 Å². The minimum absolute atomic E-state index is 0.134. The molecule has 3 amide bonds. The van der Waals surface area contributed by atoms with E-state index in [4.69, 9.17) is 5.73 Å². The van der Waals surface area contributed by atoms with Crippen molar-refractivity contribution in [3.63, 3.8) is 0 Å². The number of hydrogen-bond acceptors (Lipinski definition) is 3. The zero-order chi connectivity index (χ0) is 17.8. The van der Waals surface area contributed by atoms with Gasteiger partial charge in [-0.05, 0) is 49.9 Å². The number of carbonyl (C=O) groups is 3. The Labute approximate surface area is 147 Å². The van der Waals surface area contributed by atoms with Crippen LogP contribution in [0.5, 0.6) is 0 Å². The van der Waals surface area contributed by atoms with Gasteiger partial charge in [-0.2, -0.15) is 0 Å². The van der Waals surface area contributed by atoms with Crippen molar-refractivity contribution >= 4 is 23.4 Å². The Balaban J connectivity index is 1.66. The molecule has 0 bridgehead atoms. The molecule has 1 aromatic rings. The van der Waals surface area contributed by atoms with Gasteiger partial charge in [-0.15, -0.1) is 0 Å². The number of nitrogens with one attached hydrogen (secondary N) is 1. The van der Waals surface area contributed by atoms with Crippen molar-refractivity contribution in [3.05, 3.63) is 29.8 Å². The van der Waals surface area contributed by atoms with E-state index in [-0.39, 0.29) is 29.7 Å². The Kier molecular flexibility index (Phi) is 5.36. The van der Waals surface area contributed by atoms with Crippen LogP contribution >= 0.6 is 0 Å². The number of hydrogen-bond donors (Lipinski definition) is 2. The summed E-state index contributed by atoms with van der Waals surface area (Å²) >= 11 is 0. The van der Waals surface area contributed by atoms with Crippen LogP contribution in [0.15, 0.2) is 24.3 Å². The highest BCUT2D eigenvalue weighted by Gasteiger charge is 2.30. The Morgan fingerprint density at radius 3 is 2.44 bits per heavy atom. The summed E-state index contributed by atoms with van der Waals surface area (Å²) in [6, 6.07) is 6.89. The van der Waals surface area contributed by atoms with E-state index < -0.39 is 0 Å². The highest BCUT2D eigenvalue weighted by molar-refractivity contribution is 5.97. The highest BCUT2D eigenvalue weighted by atomic mass is 16.2. The summed E-state index contributed by atoms with van der Waals surface area (Å²) in [6.07, 6.45) is 6.00. The van der Waals surface area contributed by atoms with Crippen LogP contribution in [0.1, 0.15) is 55.3 Å². The van der Waals surface area contributed by atoms with E-state index in [1.165, 1.54) is 0 Å². The maximum absolute atomic E-state index is 12.5. The van der Waals surface area contributed by atoms with Gasteiger partial charge < -0.3 is 16.0 Å². The van der Waals surface area contributed by atoms with E-state index in [0.717, 1.165) is 50.8 Å². The second-order valence-electron chi connectivity index (χ2n) is 6.92. The molecule has 2 atom stereocenters. The highest BCUT2D eigenvalue weighted by Crippen LogP contribution is 2.25. The second kappa shape index (κ2) is 7.68. The third-order valence-electron chi connectivity index (χ3n) is 5.21. The number of benzene rings is 1. The Morgan fingerprint density at radius 2 is 1.76 bits per heavy atom. The van der Waals surface area contributed by atoms with Gasteiger partial charge in [0.25, 0.3) is 5.91 Å². The molecular weight excluding hydrogens is 318 g/mol. The molecule has 2 fully saturated rings. The molecule has 1 saturated heterocycles. The van der Waals surface area contributed by atoms with Crippen molar-refractivity contribution in [1.29, 1.82) is 0 Å². The molecule has 6 heteroatoms. The van der Waals surface area contributed by atoms with Crippen molar-refractivity contribution in [2.24, 2.45) is 11.7 Å². The number of anilines is 1. The number of rotatable bonds is 4. The van der Waals surface area contributed by atoms with E-state index in [1.807, 2.05) is 12.1 Å². The third-order valence-corrected chi connectivity index (χ3v) is 5.21. The summed E-state index contributed by atoms with van der Waals surface area (Å²) in [7, 11) is 0. The third kappa shape index (κ3) is 4.00. The molecule has 3 N–H and O–H groups in total. The average Bonchev–Trinajstić information content (AvgIpc) is 2.62. The van der Waals surface area contributed by atoms with Crippen molar-refractivity contribution in [3.8, 4) is 0 Å². The molecule has 0 radical (unpaired) electrons. The topological polar surface area (TPSA) is 92.5 Å². The van der Waals surface area contributed by atoms with Gasteiger partial charge in [0.05, 0.1) is 5.92 Å². The first-order chi connectivity index (χ1) is 12.1. The Bertz CT molecular complexity index is 656. The first-order valence-corrected chi connectivity index (χ1v) is 9.07. The molecule has 1 aromatic carbocycles. The van der Waals surface area contributed by atoms with Crippen LogP contribution in [0.3, 0.4) is 0 Å². The summed E-state index contributed by atoms with van der Waals surface area (Å²) in [4.78, 5) is 37.8. The Morgan fingerprint density at radius 1 is 1.04 bits per heavy atom. The van der Waals surface area contributed by atoms with Crippen LogP contribution in [0, 0.1) is 5.92 Å². The lowest BCUT2D eigenvalue weighted by atomic mass is 9.84. The van der Waals surface area contributed by atoms with E-state index in [2.05, 4.69) is 5.32 Å². The van der Waals surface area contributed by atoms with Crippen LogP contribution in [0.4, 0.5) is 5.69 Å². The normalized spacial score (nSPS) is 24.0. The van der Waals surface area contributed by atoms with Crippen molar-refractivity contribution in [2.75, 3.05) is 11.4 Å². The van der Waals surface area contributed by atoms with E-state index >= 15 is 0 Å². The maximum Gasteiger partial charge on any atom is 0.251 e. The summed E-state index contributed by atoms with van der Waals surface area (Å²) in [5.41, 5.74) is 6.82. The smallest absolute Gasteiger partial charge is 0.251 e. The fraction of sp³-hybridized carbons (Fsp3) is 0.526. The van der Waals surface area contributed by atoms with Gasteiger partial charge in [0.15, 0.2) is 0 Å². The lowest BCUT2D eigenvalue weighted by molar-refractivity contribution is -0.123. The SMILES string of the molecule is NC(=O)C1CCCCC1NC(=O)c1ccc(N2CCCCC2=O)cc1. The predicted molar refractivity (Wildman–Crippen MR) is 95.1 cm³/mol. The van der Waals surface area contributed by atoms with Gasteiger partial charge in [-0.1, -0.05) is 12.8 Å². The molecular formula is C19H25N3O3. The summed E-state index contributed by atoms with van der Waals surface area (Å²) in [5.74, 6) is -0.698. The number of primary amides is 1. The quantitative estimate of drug-likeness (QED) is 0.875. The molecule has 1 saturated carbocycles. The minimum Gasteiger partial charge on any atom is -0.369 e. The molecule has 0 spiro atoms. The molecule has 2 aliphatic rings. The molecule has 1 aliphatic heterocycles. The molecule has 3 rings (SSSR count). The number of nitrogens with two attached hydrogens (primary N) is 1. The summed E-state index contributed by atoms with van der Waals surface area (Å²) < 4.78 is 0. The van der Waals surface area contributed by atoms with E-state index in [1.54, 1.807) is 17.0 Å². The van der Waals surface area contributed by atoms with Crippen LogP contribution in [0.2, 0.25) is 0 Å². The first-order valence-electron chi connectivity index (χ1n) is 9.07. The van der Waals surface area contributed by atoms with E-state index in [0.29, 0.717) is 12.0 Å². The van der Waals surface area contributed by atoms with Gasteiger partial charge in [0.2, 0.25) is 11.8 Å². The van der Waals surface area contributed by atoms with Crippen LogP contribution in [0.25, 0.3) is 0 Å². The number of piperidine rings is 1. The van der Waals surface area contributed by atoms with Gasteiger partial charge in [0.1, 0.15) is 0 Å². The molecule has 2 unspecified atom stereocenters. The molecule has 1 aliphatic carbocycles. The van der Waals surface area contributed by atoms with Crippen LogP contribution < -0.4 is 16.0 Å². The zero-order valence-corrected chi connectivity index (χ0v) is 14.4. The summed E-state index contributed by atoms with van der Waals surface area (Å²) in [5, 5.41) is 2.95.